The summed E-state index contributed by atoms with van der Waals surface area (Å²) in [5.41, 5.74) is 4.53. The Kier molecular flexibility index (Phi) is 11.5. The highest BCUT2D eigenvalue weighted by atomic mass is 35.5. The number of nitrogens with two attached hydrogens (primary N) is 1. The Hall–Kier alpha value is -6.90. The molecule has 0 saturated carbocycles. The van der Waals surface area contributed by atoms with Crippen LogP contribution < -0.4 is 25.7 Å². The first-order chi connectivity index (χ1) is 34.7. The number of likely N-dealkylation sites (N-methyl/N-ethyl adjacent to an activating group) is 1. The van der Waals surface area contributed by atoms with Gasteiger partial charge in [0.05, 0.1) is 50.9 Å². The zero-order chi connectivity index (χ0) is 51.6. The van der Waals surface area contributed by atoms with Gasteiger partial charge in [-0.3, -0.25) is 9.59 Å². The first kappa shape index (κ1) is 48.4. The normalized spacial score (nSPS) is 19.9. The third-order valence-corrected chi connectivity index (χ3v) is 15.5. The molecule has 0 unspecified atom stereocenters. The molecule has 6 aromatic rings. The van der Waals surface area contributed by atoms with E-state index >= 15 is 4.39 Å². The van der Waals surface area contributed by atoms with Crippen molar-refractivity contribution >= 4 is 56.9 Å². The lowest BCUT2D eigenvalue weighted by molar-refractivity contribution is -0.172. The van der Waals surface area contributed by atoms with Gasteiger partial charge >= 0.3 is 18.2 Å². The molecule has 73 heavy (non-hydrogen) atoms. The molecule has 3 saturated heterocycles. The highest BCUT2D eigenvalue weighted by molar-refractivity contribution is 6.34. The predicted molar refractivity (Wildman–Crippen MR) is 263 cm³/mol. The number of carbonyl (C=O) groups excluding carboxylic acids is 2. The smallest absolute Gasteiger partial charge is 0.418 e. The van der Waals surface area contributed by atoms with E-state index < -0.39 is 40.4 Å². The Labute approximate surface area is 420 Å². The van der Waals surface area contributed by atoms with Gasteiger partial charge in [-0.2, -0.15) is 23.1 Å². The van der Waals surface area contributed by atoms with Crippen LogP contribution in [0.25, 0.3) is 44.5 Å². The fourth-order valence-corrected chi connectivity index (χ4v) is 11.7. The fourth-order valence-electron chi connectivity index (χ4n) is 11.4. The lowest BCUT2D eigenvalue weighted by atomic mass is 9.72. The van der Waals surface area contributed by atoms with Gasteiger partial charge in [0.15, 0.2) is 11.4 Å². The van der Waals surface area contributed by atoms with Gasteiger partial charge in [-0.25, -0.2) is 19.2 Å². The molecule has 2 aromatic carbocycles. The number of hydrogen-bond donors (Lipinski definition) is 2. The highest BCUT2D eigenvalue weighted by Gasteiger charge is 2.54. The number of ether oxygens (including phenoxy) is 3. The first-order valence-corrected chi connectivity index (χ1v) is 24.4. The van der Waals surface area contributed by atoms with Crippen molar-refractivity contribution in [3.8, 4) is 34.4 Å². The molecule has 0 bridgehead atoms. The SMILES string of the molecule is C=C(COc1ccc2nc3c(c(CC)c2c1)Cn1c-3cc2c(c1=O)COC(=O)[C@]2(O)CC)C(=O)N1CC2(C1)CN(c1nc(OC[C@@H]3CCCN3C)nc3c(F)c(-c4nc(N)cc(C)c4C(F)(F)F)c(Cl)cc13)C2. The number of amides is 1. The average molecular weight is 1020 g/mol. The van der Waals surface area contributed by atoms with E-state index in [0.717, 1.165) is 42.0 Å². The van der Waals surface area contributed by atoms with Crippen molar-refractivity contribution in [1.29, 1.82) is 0 Å². The third-order valence-electron chi connectivity index (χ3n) is 15.2. The molecule has 380 valence electrons. The van der Waals surface area contributed by atoms with Crippen LogP contribution in [0.1, 0.15) is 66.5 Å². The van der Waals surface area contributed by atoms with Crippen molar-refractivity contribution in [2.24, 2.45) is 5.41 Å². The summed E-state index contributed by atoms with van der Waals surface area (Å²) >= 11 is 6.67. The van der Waals surface area contributed by atoms with E-state index in [1.54, 1.807) is 28.5 Å². The van der Waals surface area contributed by atoms with Crippen LogP contribution in [0.3, 0.4) is 0 Å². The quantitative estimate of drug-likeness (QED) is 0.0757. The maximum atomic E-state index is 16.9. The van der Waals surface area contributed by atoms with Crippen molar-refractivity contribution in [1.82, 2.24) is 34.3 Å². The molecule has 0 aliphatic carbocycles. The molecular weight excluding hydrogens is 974 g/mol. The molecule has 3 N–H and O–H groups in total. The minimum absolute atomic E-state index is 0.0376. The van der Waals surface area contributed by atoms with Gasteiger partial charge in [-0.15, -0.1) is 0 Å². The van der Waals surface area contributed by atoms with Gasteiger partial charge in [-0.1, -0.05) is 32.0 Å². The average Bonchev–Trinajstić information content (AvgIpc) is 3.91. The number of aryl methyl sites for hydroxylation is 2. The van der Waals surface area contributed by atoms with Crippen LogP contribution in [0.4, 0.5) is 29.2 Å². The van der Waals surface area contributed by atoms with Crippen molar-refractivity contribution in [2.45, 2.75) is 77.4 Å². The number of pyridine rings is 3. The summed E-state index contributed by atoms with van der Waals surface area (Å²) in [6, 6.07) is 9.42. The molecule has 2 atom stereocenters. The van der Waals surface area contributed by atoms with Gasteiger partial charge in [0.2, 0.25) is 0 Å². The number of fused-ring (bicyclic) bond motifs is 6. The molecule has 5 aliphatic heterocycles. The topological polar surface area (TPSA) is 191 Å². The Balaban J connectivity index is 0.794. The molecule has 0 radical (unpaired) electrons. The molecule has 9 heterocycles. The number of nitrogens with zero attached hydrogens (tertiary/aromatic N) is 8. The number of rotatable bonds is 11. The van der Waals surface area contributed by atoms with Crippen molar-refractivity contribution in [2.75, 3.05) is 63.6 Å². The van der Waals surface area contributed by atoms with Crippen LogP contribution in [0.15, 0.2) is 53.3 Å². The van der Waals surface area contributed by atoms with Crippen LogP contribution >= 0.6 is 11.6 Å². The van der Waals surface area contributed by atoms with Crippen LogP contribution in [0, 0.1) is 18.2 Å². The van der Waals surface area contributed by atoms with E-state index in [1.165, 1.54) is 13.0 Å². The Morgan fingerprint density at radius 1 is 1.01 bits per heavy atom. The van der Waals surface area contributed by atoms with Crippen LogP contribution in [-0.4, -0.2) is 110 Å². The van der Waals surface area contributed by atoms with Gasteiger partial charge in [0, 0.05) is 65.1 Å². The Morgan fingerprint density at radius 3 is 2.48 bits per heavy atom. The summed E-state index contributed by atoms with van der Waals surface area (Å²) < 4.78 is 79.3. The molecule has 3 fully saturated rings. The second-order valence-electron chi connectivity index (χ2n) is 19.9. The van der Waals surface area contributed by atoms with E-state index in [-0.39, 0.29) is 112 Å². The van der Waals surface area contributed by atoms with Gasteiger partial charge in [0.25, 0.3) is 11.5 Å². The van der Waals surface area contributed by atoms with Crippen molar-refractivity contribution in [3.05, 3.63) is 103 Å². The number of alkyl halides is 3. The number of carbonyl (C=O) groups is 2. The molecule has 1 amide bonds. The summed E-state index contributed by atoms with van der Waals surface area (Å²) in [7, 11) is 1.97. The number of anilines is 2. The van der Waals surface area contributed by atoms with Crippen LogP contribution in [0.2, 0.25) is 5.02 Å². The summed E-state index contributed by atoms with van der Waals surface area (Å²) in [5.74, 6) is -1.67. The number of esters is 1. The maximum absolute atomic E-state index is 16.9. The standard InChI is InChI=1S/C52H50ClF4N9O7/c1-6-29-30-14-28(10-11-36(30)59-42-32(29)17-66-37(42)16-34-33(47(66)68)20-72-48(69)51(34,70)7-2)71-18-26(4)46(67)65-23-50(24-65)21-64(22-50)45-31-15-35(53)39(44-40(52(55,56)57)25(3)13-38(58)60-44)41(54)43(31)61-49(62-45)73-19-27-9-8-12-63(27)5/h10-11,13-16,27,70H,4,6-9,12,17-24H2,1-3,5H3,(H2,58,60)/t27-,51-/m0/s1. The largest absolute Gasteiger partial charge is 0.489 e. The van der Waals surface area contributed by atoms with E-state index in [4.69, 9.17) is 41.5 Å². The summed E-state index contributed by atoms with van der Waals surface area (Å²) in [6.07, 6.45) is -2.42. The minimum Gasteiger partial charge on any atom is -0.489 e. The maximum Gasteiger partial charge on any atom is 0.418 e. The number of nitrogen functional groups attached to an aromatic ring is 1. The lowest BCUT2D eigenvalue weighted by Gasteiger charge is -2.60. The second-order valence-corrected chi connectivity index (χ2v) is 20.3. The van der Waals surface area contributed by atoms with E-state index in [0.29, 0.717) is 55.3 Å². The molecule has 16 nitrogen and oxygen atoms in total. The second kappa shape index (κ2) is 17.4. The zero-order valence-electron chi connectivity index (χ0n) is 40.4. The van der Waals surface area contributed by atoms with Crippen molar-refractivity contribution in [3.63, 3.8) is 0 Å². The van der Waals surface area contributed by atoms with Crippen molar-refractivity contribution < 1.29 is 46.5 Å². The van der Waals surface area contributed by atoms with Crippen LogP contribution in [0.5, 0.6) is 11.8 Å². The predicted octanol–water partition coefficient (Wildman–Crippen LogP) is 7.11. The monoisotopic (exact) mass is 1020 g/mol. The molecule has 11 rings (SSSR count). The molecule has 1 spiro atoms. The minimum atomic E-state index is -4.91. The summed E-state index contributed by atoms with van der Waals surface area (Å²) in [4.78, 5) is 63.9. The number of hydrogen-bond acceptors (Lipinski definition) is 14. The Morgan fingerprint density at radius 2 is 1.78 bits per heavy atom. The fraction of sp³-hybridized carbons (Fsp3) is 0.404. The van der Waals surface area contributed by atoms with Crippen LogP contribution in [-0.2, 0) is 45.7 Å². The summed E-state index contributed by atoms with van der Waals surface area (Å²) in [6.45, 7) is 11.6. The number of aromatic nitrogens is 5. The number of benzene rings is 2. The lowest BCUT2D eigenvalue weighted by Crippen LogP contribution is -2.73. The zero-order valence-corrected chi connectivity index (χ0v) is 41.1. The van der Waals surface area contributed by atoms with E-state index in [9.17, 15) is 32.7 Å². The molecule has 4 aromatic heterocycles. The molecular formula is C52H50ClF4N9O7. The van der Waals surface area contributed by atoms with Gasteiger partial charge in [0.1, 0.15) is 42.7 Å². The highest BCUT2D eigenvalue weighted by Crippen LogP contribution is 2.48. The third kappa shape index (κ3) is 7.82. The number of likely N-dealkylation sites (tertiary alicyclic amines) is 2. The molecule has 5 aliphatic rings. The van der Waals surface area contributed by atoms with E-state index in [1.807, 2.05) is 31.0 Å². The number of halogens is 5. The molecule has 21 heteroatoms. The van der Waals surface area contributed by atoms with Gasteiger partial charge < -0.3 is 44.3 Å². The van der Waals surface area contributed by atoms with E-state index in [2.05, 4.69) is 21.4 Å². The number of cyclic esters (lactones) is 1. The van der Waals surface area contributed by atoms with Gasteiger partial charge in [-0.05, 0) is 93.7 Å². The summed E-state index contributed by atoms with van der Waals surface area (Å²) in [5, 5.41) is 11.9. The Bertz CT molecular complexity index is 3450. The first-order valence-electron chi connectivity index (χ1n) is 24.1. The number of aliphatic hydroxyl groups is 1.